The largest absolute Gasteiger partial charge is 0.322 e. The summed E-state index contributed by atoms with van der Waals surface area (Å²) in [6, 6.07) is 3.54. The molecule has 3 aliphatic heterocycles. The van der Waals surface area contributed by atoms with Gasteiger partial charge < -0.3 is 4.90 Å². The molecular weight excluding hydrogens is 282 g/mol. The molecule has 1 fully saturated rings. The van der Waals surface area contributed by atoms with E-state index < -0.39 is 6.04 Å². The lowest BCUT2D eigenvalue weighted by atomic mass is 10.0. The van der Waals surface area contributed by atoms with Crippen LogP contribution >= 0.6 is 0 Å². The first-order valence-electron chi connectivity index (χ1n) is 7.51. The Morgan fingerprint density at radius 1 is 1.05 bits per heavy atom. The van der Waals surface area contributed by atoms with Crippen LogP contribution in [0.2, 0.25) is 0 Å². The summed E-state index contributed by atoms with van der Waals surface area (Å²) in [5.41, 5.74) is 4.15. The molecule has 4 rings (SSSR count). The number of benzene rings is 1. The third-order valence-electron chi connectivity index (χ3n) is 4.72. The van der Waals surface area contributed by atoms with E-state index in [2.05, 4.69) is 23.3 Å². The number of hydrogen-bond donors (Lipinski definition) is 1. The van der Waals surface area contributed by atoms with E-state index in [9.17, 15) is 14.4 Å². The van der Waals surface area contributed by atoms with Crippen molar-refractivity contribution < 1.29 is 14.4 Å². The van der Waals surface area contributed by atoms with Gasteiger partial charge in [0.05, 0.1) is 0 Å². The molecule has 0 aliphatic carbocycles. The molecule has 6 heteroatoms. The van der Waals surface area contributed by atoms with Crippen molar-refractivity contribution >= 4 is 17.7 Å². The Balaban J connectivity index is 1.63. The van der Waals surface area contributed by atoms with Crippen molar-refractivity contribution in [1.82, 2.24) is 15.1 Å². The highest BCUT2D eigenvalue weighted by molar-refractivity contribution is 6.05. The van der Waals surface area contributed by atoms with Crippen molar-refractivity contribution in [2.24, 2.45) is 0 Å². The summed E-state index contributed by atoms with van der Waals surface area (Å²) in [6.07, 6.45) is 0.699. The summed E-state index contributed by atoms with van der Waals surface area (Å²) >= 11 is 0. The molecule has 1 aromatic rings. The van der Waals surface area contributed by atoms with Gasteiger partial charge in [0.15, 0.2) is 0 Å². The second-order valence-electron chi connectivity index (χ2n) is 6.35. The molecule has 22 heavy (non-hydrogen) atoms. The van der Waals surface area contributed by atoms with Crippen LogP contribution < -0.4 is 5.32 Å². The summed E-state index contributed by atoms with van der Waals surface area (Å²) < 4.78 is 0. The molecule has 1 unspecified atom stereocenters. The van der Waals surface area contributed by atoms with Gasteiger partial charge in [0.2, 0.25) is 11.8 Å². The van der Waals surface area contributed by atoms with Crippen LogP contribution in [0.1, 0.15) is 39.9 Å². The second kappa shape index (κ2) is 4.64. The zero-order chi connectivity index (χ0) is 15.4. The van der Waals surface area contributed by atoms with Gasteiger partial charge in [-0.05, 0) is 36.2 Å². The van der Waals surface area contributed by atoms with Gasteiger partial charge in [-0.3, -0.25) is 24.6 Å². The van der Waals surface area contributed by atoms with Crippen LogP contribution in [0.5, 0.6) is 0 Å². The maximum absolute atomic E-state index is 12.7. The second-order valence-corrected chi connectivity index (χ2v) is 6.35. The highest BCUT2D eigenvalue weighted by atomic mass is 16.2. The molecule has 0 aromatic heterocycles. The molecule has 3 amide bonds. The summed E-state index contributed by atoms with van der Waals surface area (Å²) in [5.74, 6) is -0.709. The molecule has 0 saturated carbocycles. The average Bonchev–Trinajstić information content (AvgIpc) is 2.96. The van der Waals surface area contributed by atoms with E-state index in [0.29, 0.717) is 18.5 Å². The third kappa shape index (κ3) is 1.94. The molecule has 0 radical (unpaired) electrons. The molecule has 0 spiro atoms. The topological polar surface area (TPSA) is 69.7 Å². The predicted molar refractivity (Wildman–Crippen MR) is 77.7 cm³/mol. The van der Waals surface area contributed by atoms with Crippen LogP contribution in [-0.4, -0.2) is 40.6 Å². The minimum absolute atomic E-state index is 0.0955. The van der Waals surface area contributed by atoms with Gasteiger partial charge in [-0.25, -0.2) is 0 Å². The van der Waals surface area contributed by atoms with Crippen molar-refractivity contribution in [3.05, 3.63) is 34.4 Å². The molecule has 1 aromatic carbocycles. The lowest BCUT2D eigenvalue weighted by Gasteiger charge is -2.29. The Morgan fingerprint density at radius 3 is 2.50 bits per heavy atom. The predicted octanol–water partition coefficient (Wildman–Crippen LogP) is 0.393. The first-order chi connectivity index (χ1) is 10.5. The molecule has 114 valence electrons. The lowest BCUT2D eigenvalue weighted by Crippen LogP contribution is -2.52. The fraction of sp³-hybridized carbons (Fsp3) is 0.438. The molecule has 1 N–H and O–H groups in total. The van der Waals surface area contributed by atoms with Gasteiger partial charge in [0, 0.05) is 31.6 Å². The summed E-state index contributed by atoms with van der Waals surface area (Å²) in [5, 5.41) is 2.33. The number of nitrogens with zero attached hydrogens (tertiary/aromatic N) is 2. The standard InChI is InChI=1S/C16H17N3O3/c1-18-6-9-4-11-8-19(13-2-3-14(20)17-15(13)21)16(22)12(11)5-10(9)7-18/h4-5,13H,2-3,6-8H2,1H3,(H,17,20,21). The highest BCUT2D eigenvalue weighted by Crippen LogP contribution is 2.32. The van der Waals surface area contributed by atoms with Gasteiger partial charge in [-0.1, -0.05) is 6.07 Å². The molecule has 3 heterocycles. The lowest BCUT2D eigenvalue weighted by molar-refractivity contribution is -0.136. The molecule has 1 atom stereocenters. The van der Waals surface area contributed by atoms with Crippen molar-refractivity contribution in [3.63, 3.8) is 0 Å². The number of amides is 3. The minimum Gasteiger partial charge on any atom is -0.322 e. The fourth-order valence-corrected chi connectivity index (χ4v) is 3.64. The highest BCUT2D eigenvalue weighted by Gasteiger charge is 2.39. The molecule has 3 aliphatic rings. The molecular formula is C16H17N3O3. The number of imide groups is 1. The number of rotatable bonds is 1. The first kappa shape index (κ1) is 13.5. The average molecular weight is 299 g/mol. The SMILES string of the molecule is CN1Cc2cc3c(cc2C1)C(=O)N(C1CCC(=O)NC1=O)C3. The monoisotopic (exact) mass is 299 g/mol. The zero-order valence-electron chi connectivity index (χ0n) is 12.4. The molecule has 6 nitrogen and oxygen atoms in total. The Bertz CT molecular complexity index is 713. The zero-order valence-corrected chi connectivity index (χ0v) is 12.4. The van der Waals surface area contributed by atoms with Crippen molar-refractivity contribution in [3.8, 4) is 0 Å². The van der Waals surface area contributed by atoms with Crippen molar-refractivity contribution in [2.75, 3.05) is 7.05 Å². The first-order valence-corrected chi connectivity index (χ1v) is 7.51. The Labute approximate surface area is 128 Å². The van der Waals surface area contributed by atoms with E-state index in [-0.39, 0.29) is 24.1 Å². The quantitative estimate of drug-likeness (QED) is 0.762. The molecule has 1 saturated heterocycles. The van der Waals surface area contributed by atoms with Crippen LogP contribution in [0.15, 0.2) is 12.1 Å². The van der Waals surface area contributed by atoms with E-state index in [4.69, 9.17) is 0 Å². The molecule has 0 bridgehead atoms. The Morgan fingerprint density at radius 2 is 1.77 bits per heavy atom. The number of nitrogens with one attached hydrogen (secondary N) is 1. The van der Waals surface area contributed by atoms with Gasteiger partial charge in [0.25, 0.3) is 5.91 Å². The van der Waals surface area contributed by atoms with E-state index in [1.807, 2.05) is 6.07 Å². The summed E-state index contributed by atoms with van der Waals surface area (Å²) in [6.45, 7) is 2.21. The summed E-state index contributed by atoms with van der Waals surface area (Å²) in [7, 11) is 2.06. The van der Waals surface area contributed by atoms with E-state index in [0.717, 1.165) is 18.7 Å². The van der Waals surface area contributed by atoms with Crippen LogP contribution in [-0.2, 0) is 29.2 Å². The number of carbonyl (C=O) groups is 3. The van der Waals surface area contributed by atoms with Crippen molar-refractivity contribution in [2.45, 2.75) is 38.5 Å². The van der Waals surface area contributed by atoms with Gasteiger partial charge >= 0.3 is 0 Å². The number of hydrogen-bond acceptors (Lipinski definition) is 4. The van der Waals surface area contributed by atoms with E-state index in [1.165, 1.54) is 11.1 Å². The van der Waals surface area contributed by atoms with Crippen LogP contribution in [0.25, 0.3) is 0 Å². The fourth-order valence-electron chi connectivity index (χ4n) is 3.64. The maximum atomic E-state index is 12.7. The maximum Gasteiger partial charge on any atom is 0.255 e. The normalized spacial score (nSPS) is 24.5. The van der Waals surface area contributed by atoms with E-state index >= 15 is 0 Å². The van der Waals surface area contributed by atoms with Gasteiger partial charge in [0.1, 0.15) is 6.04 Å². The smallest absolute Gasteiger partial charge is 0.255 e. The minimum atomic E-state index is -0.532. The number of piperidine rings is 1. The number of carbonyl (C=O) groups excluding carboxylic acids is 3. The van der Waals surface area contributed by atoms with Crippen LogP contribution in [0.3, 0.4) is 0 Å². The van der Waals surface area contributed by atoms with Crippen LogP contribution in [0.4, 0.5) is 0 Å². The summed E-state index contributed by atoms with van der Waals surface area (Å²) in [4.78, 5) is 39.7. The third-order valence-corrected chi connectivity index (χ3v) is 4.72. The van der Waals surface area contributed by atoms with Gasteiger partial charge in [-0.15, -0.1) is 0 Å². The Hall–Kier alpha value is -2.21. The van der Waals surface area contributed by atoms with Crippen molar-refractivity contribution in [1.29, 1.82) is 0 Å². The van der Waals surface area contributed by atoms with Gasteiger partial charge in [-0.2, -0.15) is 0 Å². The Kier molecular flexibility index (Phi) is 2.84. The number of fused-ring (bicyclic) bond motifs is 2. The van der Waals surface area contributed by atoms with Crippen LogP contribution in [0, 0.1) is 0 Å². The van der Waals surface area contributed by atoms with E-state index in [1.54, 1.807) is 4.90 Å².